The van der Waals surface area contributed by atoms with Crippen molar-refractivity contribution in [1.29, 1.82) is 0 Å². The third kappa shape index (κ3) is 3.86. The van der Waals surface area contributed by atoms with Gasteiger partial charge in [-0.05, 0) is 37.6 Å². The van der Waals surface area contributed by atoms with Gasteiger partial charge in [0, 0.05) is 17.3 Å². The first-order valence-electron chi connectivity index (χ1n) is 8.10. The second-order valence-corrected chi connectivity index (χ2v) is 8.20. The summed E-state index contributed by atoms with van der Waals surface area (Å²) in [5, 5.41) is 1.66. The number of sulfonamides is 1. The van der Waals surface area contributed by atoms with Crippen molar-refractivity contribution < 1.29 is 17.9 Å². The molecule has 1 aromatic carbocycles. The zero-order chi connectivity index (χ0) is 19.6. The molecule has 0 aliphatic carbocycles. The highest BCUT2D eigenvalue weighted by Gasteiger charge is 2.24. The van der Waals surface area contributed by atoms with E-state index in [2.05, 4.69) is 9.71 Å². The zero-order valence-electron chi connectivity index (χ0n) is 14.6. The van der Waals surface area contributed by atoms with E-state index in [0.29, 0.717) is 23.6 Å². The maximum Gasteiger partial charge on any atom is 0.338 e. The Labute approximate surface area is 159 Å². The number of nitrogens with one attached hydrogen (secondary N) is 1. The van der Waals surface area contributed by atoms with Gasteiger partial charge in [0.2, 0.25) is 0 Å². The van der Waals surface area contributed by atoms with E-state index in [1.165, 1.54) is 53.1 Å². The first-order valence-corrected chi connectivity index (χ1v) is 10.5. The van der Waals surface area contributed by atoms with Gasteiger partial charge in [0.15, 0.2) is 9.86 Å². The van der Waals surface area contributed by atoms with Crippen LogP contribution in [0.4, 0.5) is 5.69 Å². The van der Waals surface area contributed by atoms with Crippen LogP contribution in [0.5, 0.6) is 0 Å². The van der Waals surface area contributed by atoms with Crippen molar-refractivity contribution in [3.05, 3.63) is 57.5 Å². The van der Waals surface area contributed by atoms with Gasteiger partial charge in [0.1, 0.15) is 0 Å². The second kappa shape index (κ2) is 7.49. The molecule has 0 spiro atoms. The first kappa shape index (κ1) is 19.1. The van der Waals surface area contributed by atoms with Gasteiger partial charge in [0.25, 0.3) is 15.6 Å². The van der Waals surface area contributed by atoms with Crippen LogP contribution in [0.25, 0.3) is 4.96 Å². The number of ether oxygens (including phenoxy) is 1. The average molecular weight is 407 g/mol. The molecule has 0 amide bonds. The summed E-state index contributed by atoms with van der Waals surface area (Å²) in [4.78, 5) is 28.5. The maximum absolute atomic E-state index is 12.7. The predicted octanol–water partition coefficient (Wildman–Crippen LogP) is 2.43. The standard InChI is InChI=1S/C17H17N3O5S2/c1-3-9-25-16(22)12-4-6-13(7-5-12)19-27(23,24)14-11(2)18-17-20(15(14)21)8-10-26-17/h4-8,10,19H,3,9H2,1-2H3. The molecule has 2 heterocycles. The number of aryl methyl sites for hydroxylation is 1. The minimum Gasteiger partial charge on any atom is -0.462 e. The van der Waals surface area contributed by atoms with E-state index in [4.69, 9.17) is 4.74 Å². The highest BCUT2D eigenvalue weighted by Crippen LogP contribution is 2.18. The van der Waals surface area contributed by atoms with Crippen molar-refractivity contribution in [2.75, 3.05) is 11.3 Å². The van der Waals surface area contributed by atoms with Crippen molar-refractivity contribution >= 4 is 38.0 Å². The smallest absolute Gasteiger partial charge is 0.338 e. The number of nitrogens with zero attached hydrogens (tertiary/aromatic N) is 2. The van der Waals surface area contributed by atoms with Crippen molar-refractivity contribution in [2.24, 2.45) is 0 Å². The molecule has 0 fully saturated rings. The molecule has 1 N–H and O–H groups in total. The van der Waals surface area contributed by atoms with Crippen LogP contribution in [0.2, 0.25) is 0 Å². The van der Waals surface area contributed by atoms with Crippen LogP contribution >= 0.6 is 11.3 Å². The Morgan fingerprint density at radius 1 is 1.30 bits per heavy atom. The van der Waals surface area contributed by atoms with Gasteiger partial charge >= 0.3 is 5.97 Å². The van der Waals surface area contributed by atoms with Crippen molar-refractivity contribution in [2.45, 2.75) is 25.2 Å². The predicted molar refractivity (Wildman–Crippen MR) is 102 cm³/mol. The topological polar surface area (TPSA) is 107 Å². The number of thiazole rings is 1. The van der Waals surface area contributed by atoms with Crippen LogP contribution in [0.15, 0.2) is 45.5 Å². The lowest BCUT2D eigenvalue weighted by Crippen LogP contribution is -2.27. The van der Waals surface area contributed by atoms with Crippen LogP contribution in [0.1, 0.15) is 29.4 Å². The molecule has 8 nitrogen and oxygen atoms in total. The quantitative estimate of drug-likeness (QED) is 0.629. The molecule has 0 atom stereocenters. The fraction of sp³-hybridized carbons (Fsp3) is 0.235. The van der Waals surface area contributed by atoms with E-state index in [1.54, 1.807) is 5.38 Å². The van der Waals surface area contributed by atoms with Crippen LogP contribution in [-0.4, -0.2) is 30.4 Å². The summed E-state index contributed by atoms with van der Waals surface area (Å²) < 4.78 is 34.0. The van der Waals surface area contributed by atoms with Crippen LogP contribution in [0, 0.1) is 6.92 Å². The van der Waals surface area contributed by atoms with Gasteiger partial charge in [-0.3, -0.25) is 13.9 Å². The summed E-state index contributed by atoms with van der Waals surface area (Å²) in [6.45, 7) is 3.68. The zero-order valence-corrected chi connectivity index (χ0v) is 16.3. The summed E-state index contributed by atoms with van der Waals surface area (Å²) in [5.41, 5.74) is -0.0130. The minimum atomic E-state index is -4.15. The van der Waals surface area contributed by atoms with Crippen molar-refractivity contribution in [3.63, 3.8) is 0 Å². The molecule has 10 heteroatoms. The van der Waals surface area contributed by atoms with Gasteiger partial charge < -0.3 is 4.74 Å². The molecule has 0 saturated carbocycles. The molecular formula is C17H17N3O5S2. The Balaban J connectivity index is 1.89. The number of aromatic nitrogens is 2. The molecule has 0 radical (unpaired) electrons. The molecule has 3 aromatic rings. The lowest BCUT2D eigenvalue weighted by molar-refractivity contribution is 0.0505. The number of rotatable bonds is 6. The molecule has 3 rings (SSSR count). The lowest BCUT2D eigenvalue weighted by Gasteiger charge is -2.10. The molecule has 2 aromatic heterocycles. The minimum absolute atomic E-state index is 0.120. The largest absolute Gasteiger partial charge is 0.462 e. The van der Waals surface area contributed by atoms with Gasteiger partial charge in [-0.2, -0.15) is 0 Å². The Bertz CT molecular complexity index is 1150. The number of carbonyl (C=O) groups excluding carboxylic acids is 1. The van der Waals surface area contributed by atoms with Crippen LogP contribution < -0.4 is 10.3 Å². The third-order valence-corrected chi connectivity index (χ3v) is 5.94. The highest BCUT2D eigenvalue weighted by atomic mass is 32.2. The molecule has 142 valence electrons. The van der Waals surface area contributed by atoms with Crippen molar-refractivity contribution in [3.8, 4) is 0 Å². The summed E-state index contributed by atoms with van der Waals surface area (Å²) in [6.07, 6.45) is 2.19. The van der Waals surface area contributed by atoms with Crippen LogP contribution in [-0.2, 0) is 14.8 Å². The number of benzene rings is 1. The van der Waals surface area contributed by atoms with Crippen molar-refractivity contribution in [1.82, 2.24) is 9.38 Å². The first-order chi connectivity index (χ1) is 12.8. The average Bonchev–Trinajstić information content (AvgIpc) is 3.08. The van der Waals surface area contributed by atoms with E-state index >= 15 is 0 Å². The SMILES string of the molecule is CCCOC(=O)c1ccc(NS(=O)(=O)c2c(C)nc3sccn3c2=O)cc1. The number of anilines is 1. The number of carbonyl (C=O) groups is 1. The van der Waals surface area contributed by atoms with Crippen LogP contribution in [0.3, 0.4) is 0 Å². The van der Waals surface area contributed by atoms with E-state index < -0.39 is 26.4 Å². The molecule has 0 saturated heterocycles. The Morgan fingerprint density at radius 3 is 2.67 bits per heavy atom. The lowest BCUT2D eigenvalue weighted by atomic mass is 10.2. The van der Waals surface area contributed by atoms with Gasteiger partial charge in [-0.1, -0.05) is 6.92 Å². The normalized spacial score (nSPS) is 11.5. The summed E-state index contributed by atoms with van der Waals surface area (Å²) >= 11 is 1.24. The number of hydrogen-bond donors (Lipinski definition) is 1. The Hall–Kier alpha value is -2.72. The Kier molecular flexibility index (Phi) is 5.29. The summed E-state index contributed by atoms with van der Waals surface area (Å²) in [6, 6.07) is 5.78. The van der Waals surface area contributed by atoms with Gasteiger partial charge in [-0.15, -0.1) is 11.3 Å². The van der Waals surface area contributed by atoms with E-state index in [9.17, 15) is 18.0 Å². The molecule has 27 heavy (non-hydrogen) atoms. The number of esters is 1. The van der Waals surface area contributed by atoms with Gasteiger partial charge in [0.05, 0.1) is 17.9 Å². The fourth-order valence-corrected chi connectivity index (χ4v) is 4.50. The fourth-order valence-electron chi connectivity index (χ4n) is 2.43. The van der Waals surface area contributed by atoms with E-state index in [-0.39, 0.29) is 11.4 Å². The molecule has 0 aliphatic rings. The summed E-state index contributed by atoms with van der Waals surface area (Å²) in [7, 11) is -4.15. The monoisotopic (exact) mass is 407 g/mol. The number of fused-ring (bicyclic) bond motifs is 1. The number of hydrogen-bond acceptors (Lipinski definition) is 7. The van der Waals surface area contributed by atoms with E-state index in [0.717, 1.165) is 0 Å². The second-order valence-electron chi connectivity index (χ2n) is 5.71. The Morgan fingerprint density at radius 2 is 2.00 bits per heavy atom. The van der Waals surface area contributed by atoms with E-state index in [1.807, 2.05) is 6.92 Å². The maximum atomic E-state index is 12.7. The third-order valence-electron chi connectivity index (χ3n) is 3.67. The summed E-state index contributed by atoms with van der Waals surface area (Å²) in [5.74, 6) is -0.479. The molecule has 0 unspecified atom stereocenters. The molecule has 0 aliphatic heterocycles. The van der Waals surface area contributed by atoms with Gasteiger partial charge in [-0.25, -0.2) is 18.2 Å². The highest BCUT2D eigenvalue weighted by molar-refractivity contribution is 7.92. The molecule has 0 bridgehead atoms. The molecular weight excluding hydrogens is 390 g/mol.